The molecule has 0 bridgehead atoms. The second-order valence-corrected chi connectivity index (χ2v) is 11.6. The lowest BCUT2D eigenvalue weighted by atomic mass is 9.95. The van der Waals surface area contributed by atoms with Gasteiger partial charge in [0.1, 0.15) is 29.0 Å². The Balaban J connectivity index is 1.77. The number of anilines is 1. The Labute approximate surface area is 266 Å². The summed E-state index contributed by atoms with van der Waals surface area (Å²) < 4.78 is 126. The second kappa shape index (κ2) is 12.9. The van der Waals surface area contributed by atoms with E-state index in [9.17, 15) is 40.3 Å². The van der Waals surface area contributed by atoms with Crippen LogP contribution in [0, 0.1) is 17.5 Å². The van der Waals surface area contributed by atoms with Gasteiger partial charge in [-0.05, 0) is 41.5 Å². The molecule has 18 heteroatoms. The van der Waals surface area contributed by atoms with Crippen molar-refractivity contribution in [3.8, 4) is 45.6 Å². The molecule has 0 aliphatic heterocycles. The number of fused-ring (bicyclic) bond motifs is 1. The van der Waals surface area contributed by atoms with Gasteiger partial charge in [-0.3, -0.25) is 9.71 Å². The quantitative estimate of drug-likeness (QED) is 0.153. The Morgan fingerprint density at radius 1 is 0.875 bits per heavy atom. The molecule has 2 heterocycles. The second-order valence-electron chi connectivity index (χ2n) is 9.91. The van der Waals surface area contributed by atoms with E-state index in [2.05, 4.69) is 15.0 Å². The number of pyridine rings is 1. The van der Waals surface area contributed by atoms with Gasteiger partial charge < -0.3 is 19.3 Å². The first-order valence-corrected chi connectivity index (χ1v) is 14.9. The molecule has 0 aliphatic carbocycles. The Morgan fingerprint density at radius 3 is 2.19 bits per heavy atom. The van der Waals surface area contributed by atoms with Crippen LogP contribution in [0.15, 0.2) is 60.9 Å². The van der Waals surface area contributed by atoms with E-state index in [-0.39, 0.29) is 39.8 Å². The number of methoxy groups -OCH3 is 2. The van der Waals surface area contributed by atoms with E-state index < -0.39 is 73.3 Å². The number of rotatable bonds is 10. The maximum Gasteiger partial charge on any atom is 0.404 e. The van der Waals surface area contributed by atoms with Gasteiger partial charge in [0.2, 0.25) is 15.9 Å². The summed E-state index contributed by atoms with van der Waals surface area (Å²) in [5, 5.41) is 9.35. The number of aromatic carboxylic acids is 1. The van der Waals surface area contributed by atoms with Gasteiger partial charge in [0.15, 0.2) is 5.75 Å². The maximum atomic E-state index is 16.2. The normalized spacial score (nSPS) is 11.8. The lowest BCUT2D eigenvalue weighted by molar-refractivity contribution is -0.106. The van der Waals surface area contributed by atoms with Crippen molar-refractivity contribution in [1.82, 2.24) is 15.0 Å². The van der Waals surface area contributed by atoms with Crippen molar-refractivity contribution >= 4 is 32.6 Å². The van der Waals surface area contributed by atoms with Crippen LogP contribution >= 0.6 is 0 Å². The van der Waals surface area contributed by atoms with E-state index in [0.717, 1.165) is 42.6 Å². The molecule has 0 amide bonds. The average Bonchev–Trinajstić information content (AvgIpc) is 2.98. The minimum Gasteiger partial charge on any atom is -0.480 e. The Bertz CT molecular complexity index is 2160. The number of hydrogen-bond acceptors (Lipinski definition) is 9. The number of ether oxygens (including phenoxy) is 3. The fourth-order valence-corrected chi connectivity index (χ4v) is 5.67. The molecular formula is C30H20F6N4O7S. The van der Waals surface area contributed by atoms with Crippen molar-refractivity contribution in [2.45, 2.75) is 6.18 Å². The van der Waals surface area contributed by atoms with E-state index in [4.69, 9.17) is 14.2 Å². The van der Waals surface area contributed by atoms with E-state index in [1.165, 1.54) is 26.5 Å². The number of aromatic nitrogens is 3. The standard InChI is InChI=1S/C30H20F6N4O7S/c1-45-27-21(11-38-29(39-27)46-2)14-6-22(33)26-23(7-14)37-12-24(40-48(43,44)13-30(34,35)36)25(26)15-3-16(28(41)42)5-19(4-15)47-20-9-17(31)8-18(32)10-20/h3-12,40H,13H2,1-2H3,(H,41,42). The summed E-state index contributed by atoms with van der Waals surface area (Å²) in [6.07, 6.45) is -3.09. The molecule has 0 radical (unpaired) electrons. The van der Waals surface area contributed by atoms with Crippen LogP contribution in [0.2, 0.25) is 0 Å². The highest BCUT2D eigenvalue weighted by Gasteiger charge is 2.36. The Kier molecular flexibility index (Phi) is 9.03. The van der Waals surface area contributed by atoms with E-state index in [1.54, 1.807) is 4.72 Å². The summed E-state index contributed by atoms with van der Waals surface area (Å²) in [6, 6.07) is 7.32. The van der Waals surface area contributed by atoms with Gasteiger partial charge in [0, 0.05) is 35.3 Å². The van der Waals surface area contributed by atoms with Crippen molar-refractivity contribution in [2.75, 3.05) is 24.7 Å². The van der Waals surface area contributed by atoms with Crippen LogP contribution in [0.4, 0.5) is 32.0 Å². The van der Waals surface area contributed by atoms with Gasteiger partial charge in [-0.1, -0.05) is 0 Å². The van der Waals surface area contributed by atoms with Crippen molar-refractivity contribution in [2.24, 2.45) is 0 Å². The molecule has 0 spiro atoms. The fraction of sp³-hybridized carbons (Fsp3) is 0.133. The first kappa shape index (κ1) is 33.7. The van der Waals surface area contributed by atoms with Crippen molar-refractivity contribution in [3.05, 3.63) is 83.9 Å². The highest BCUT2D eigenvalue weighted by molar-refractivity contribution is 7.92. The van der Waals surface area contributed by atoms with Gasteiger partial charge in [-0.15, -0.1) is 0 Å². The highest BCUT2D eigenvalue weighted by atomic mass is 32.2. The zero-order valence-electron chi connectivity index (χ0n) is 24.4. The summed E-state index contributed by atoms with van der Waals surface area (Å²) in [6.45, 7) is 0. The number of carboxylic acid groups (broad SMARTS) is 1. The predicted octanol–water partition coefficient (Wildman–Crippen LogP) is 6.59. The van der Waals surface area contributed by atoms with Crippen LogP contribution in [0.3, 0.4) is 0 Å². The zero-order chi connectivity index (χ0) is 35.0. The molecule has 11 nitrogen and oxygen atoms in total. The third kappa shape index (κ3) is 7.49. The van der Waals surface area contributed by atoms with Crippen molar-refractivity contribution < 1.29 is 58.9 Å². The third-order valence-electron chi connectivity index (χ3n) is 6.47. The molecule has 2 N–H and O–H groups in total. The SMILES string of the molecule is COc1ncc(-c2cc(F)c3c(-c4cc(Oc5cc(F)cc(F)c5)cc(C(=O)O)c4)c(NS(=O)(=O)CC(F)(F)F)cnc3c2)c(OC)n1. The number of nitrogens with one attached hydrogen (secondary N) is 1. The zero-order valence-corrected chi connectivity index (χ0v) is 25.2. The van der Waals surface area contributed by atoms with Crippen LogP contribution in [0.1, 0.15) is 10.4 Å². The average molecular weight is 695 g/mol. The molecule has 0 aliphatic rings. The minimum absolute atomic E-state index is 0.0258. The lowest BCUT2D eigenvalue weighted by Crippen LogP contribution is -2.28. The first-order valence-electron chi connectivity index (χ1n) is 13.2. The number of halogens is 6. The number of benzene rings is 3. The van der Waals surface area contributed by atoms with Crippen LogP contribution in [0.5, 0.6) is 23.4 Å². The maximum absolute atomic E-state index is 16.2. The van der Waals surface area contributed by atoms with Crippen LogP contribution in [-0.2, 0) is 10.0 Å². The molecule has 3 aromatic carbocycles. The van der Waals surface area contributed by atoms with Gasteiger partial charge >= 0.3 is 18.2 Å². The predicted molar refractivity (Wildman–Crippen MR) is 158 cm³/mol. The number of alkyl halides is 3. The Morgan fingerprint density at radius 2 is 1.56 bits per heavy atom. The van der Waals surface area contributed by atoms with E-state index >= 15 is 4.39 Å². The summed E-state index contributed by atoms with van der Waals surface area (Å²) >= 11 is 0. The molecule has 0 fully saturated rings. The topological polar surface area (TPSA) is 150 Å². The summed E-state index contributed by atoms with van der Waals surface area (Å²) in [5.74, 6) is -7.81. The lowest BCUT2D eigenvalue weighted by Gasteiger charge is -2.18. The number of carboxylic acids is 1. The van der Waals surface area contributed by atoms with Crippen molar-refractivity contribution in [3.63, 3.8) is 0 Å². The molecule has 0 saturated carbocycles. The van der Waals surface area contributed by atoms with Gasteiger partial charge in [-0.2, -0.15) is 18.2 Å². The largest absolute Gasteiger partial charge is 0.480 e. The number of hydrogen-bond donors (Lipinski definition) is 2. The van der Waals surface area contributed by atoms with Crippen LogP contribution in [-0.4, -0.2) is 60.6 Å². The van der Waals surface area contributed by atoms with Gasteiger partial charge in [0.25, 0.3) is 0 Å². The van der Waals surface area contributed by atoms with Gasteiger partial charge in [-0.25, -0.2) is 31.4 Å². The molecular weight excluding hydrogens is 674 g/mol. The fourth-order valence-electron chi connectivity index (χ4n) is 4.68. The highest BCUT2D eigenvalue weighted by Crippen LogP contribution is 2.42. The summed E-state index contributed by atoms with van der Waals surface area (Å²) in [7, 11) is -2.59. The van der Waals surface area contributed by atoms with Crippen LogP contribution < -0.4 is 18.9 Å². The van der Waals surface area contributed by atoms with E-state index in [1.807, 2.05) is 0 Å². The van der Waals surface area contributed by atoms with E-state index in [0.29, 0.717) is 6.07 Å². The summed E-state index contributed by atoms with van der Waals surface area (Å²) in [5.41, 5.74) is -1.79. The minimum atomic E-state index is -5.18. The molecule has 48 heavy (non-hydrogen) atoms. The first-order chi connectivity index (χ1) is 22.6. The molecule has 5 aromatic rings. The van der Waals surface area contributed by atoms with Gasteiger partial charge in [0.05, 0.1) is 42.7 Å². The molecule has 250 valence electrons. The Hall–Kier alpha value is -5.65. The third-order valence-corrected chi connectivity index (χ3v) is 7.71. The number of sulfonamides is 1. The molecule has 0 atom stereocenters. The smallest absolute Gasteiger partial charge is 0.404 e. The molecule has 0 saturated heterocycles. The number of carbonyl (C=O) groups is 1. The van der Waals surface area contributed by atoms with Crippen LogP contribution in [0.25, 0.3) is 33.2 Å². The number of nitrogens with zero attached hydrogens (tertiary/aromatic N) is 3. The van der Waals surface area contributed by atoms with Crippen molar-refractivity contribution in [1.29, 1.82) is 0 Å². The monoisotopic (exact) mass is 694 g/mol. The molecule has 0 unspecified atom stereocenters. The molecule has 2 aromatic heterocycles. The summed E-state index contributed by atoms with van der Waals surface area (Å²) in [4.78, 5) is 24.2. The molecule has 5 rings (SSSR count).